The van der Waals surface area contributed by atoms with Crippen LogP contribution < -0.4 is 10.1 Å². The van der Waals surface area contributed by atoms with E-state index in [9.17, 15) is 0 Å². The molecule has 1 N–H and O–H groups in total. The largest absolute Gasteiger partial charge is 0.493 e. The molecule has 1 fully saturated rings. The van der Waals surface area contributed by atoms with Gasteiger partial charge in [-0.1, -0.05) is 22.0 Å². The second-order valence-electron chi connectivity index (χ2n) is 5.31. The van der Waals surface area contributed by atoms with Gasteiger partial charge in [-0.15, -0.1) is 0 Å². The number of rotatable bonds is 2. The maximum absolute atomic E-state index is 5.85. The maximum Gasteiger partial charge on any atom is 0.125 e. The van der Waals surface area contributed by atoms with Gasteiger partial charge in [-0.25, -0.2) is 0 Å². The number of hydrogen-bond acceptors (Lipinski definition) is 3. The molecule has 3 rings (SSSR count). The Morgan fingerprint density at radius 1 is 1.16 bits per heavy atom. The normalized spacial score (nSPS) is 27.2. The Kier molecular flexibility index (Phi) is 4.41. The first-order valence-corrected chi connectivity index (χ1v) is 7.88. The highest BCUT2D eigenvalue weighted by Gasteiger charge is 2.23. The first-order valence-electron chi connectivity index (χ1n) is 7.09. The van der Waals surface area contributed by atoms with Gasteiger partial charge in [-0.3, -0.25) is 0 Å². The lowest BCUT2D eigenvalue weighted by atomic mass is 9.99. The van der Waals surface area contributed by atoms with E-state index in [0.717, 1.165) is 49.3 Å². The molecule has 0 amide bonds. The molecule has 4 heteroatoms. The van der Waals surface area contributed by atoms with E-state index in [-0.39, 0.29) is 0 Å². The Balaban J connectivity index is 1.77. The molecule has 0 spiro atoms. The van der Waals surface area contributed by atoms with Crippen LogP contribution in [0.2, 0.25) is 0 Å². The molecule has 19 heavy (non-hydrogen) atoms. The number of fused-ring (bicyclic) bond motifs is 1. The van der Waals surface area contributed by atoms with Crippen LogP contribution in [0.3, 0.4) is 0 Å². The van der Waals surface area contributed by atoms with Gasteiger partial charge in [0.05, 0.1) is 13.2 Å². The van der Waals surface area contributed by atoms with Gasteiger partial charge in [0, 0.05) is 28.7 Å². The molecular formula is C15H20BrNO2. The zero-order valence-corrected chi connectivity index (χ0v) is 12.6. The first kappa shape index (κ1) is 13.4. The van der Waals surface area contributed by atoms with Crippen molar-refractivity contribution in [1.82, 2.24) is 5.32 Å². The summed E-state index contributed by atoms with van der Waals surface area (Å²) in [5.74, 6) is 1.01. The minimum Gasteiger partial charge on any atom is -0.493 e. The van der Waals surface area contributed by atoms with Crippen LogP contribution in [-0.4, -0.2) is 25.9 Å². The highest BCUT2D eigenvalue weighted by molar-refractivity contribution is 9.10. The monoisotopic (exact) mass is 325 g/mol. The van der Waals surface area contributed by atoms with Gasteiger partial charge in [0.25, 0.3) is 0 Å². The lowest BCUT2D eigenvalue weighted by Gasteiger charge is -2.28. The summed E-state index contributed by atoms with van der Waals surface area (Å²) in [7, 11) is 0. The van der Waals surface area contributed by atoms with E-state index in [2.05, 4.69) is 39.4 Å². The van der Waals surface area contributed by atoms with Crippen LogP contribution >= 0.6 is 15.9 Å². The van der Waals surface area contributed by atoms with Gasteiger partial charge in [0.2, 0.25) is 0 Å². The van der Waals surface area contributed by atoms with Crippen LogP contribution in [0.25, 0.3) is 0 Å². The van der Waals surface area contributed by atoms with Crippen LogP contribution in [0.1, 0.15) is 37.3 Å². The van der Waals surface area contributed by atoms with Crippen molar-refractivity contribution in [3.05, 3.63) is 28.2 Å². The smallest absolute Gasteiger partial charge is 0.125 e. The van der Waals surface area contributed by atoms with Crippen molar-refractivity contribution in [2.24, 2.45) is 0 Å². The minimum atomic E-state index is 0.386. The van der Waals surface area contributed by atoms with Crippen LogP contribution in [0.5, 0.6) is 5.75 Å². The predicted octanol–water partition coefficient (Wildman–Crippen LogP) is 3.43. The minimum absolute atomic E-state index is 0.386. The van der Waals surface area contributed by atoms with Crippen LogP contribution in [0.4, 0.5) is 0 Å². The SMILES string of the molecule is Brc1ccc2c(c1)OCCCC2NC1CCCOC1. The van der Waals surface area contributed by atoms with Crippen molar-refractivity contribution in [1.29, 1.82) is 0 Å². The third-order valence-electron chi connectivity index (χ3n) is 3.84. The summed E-state index contributed by atoms with van der Waals surface area (Å²) in [6, 6.07) is 7.21. The number of halogens is 1. The van der Waals surface area contributed by atoms with Crippen LogP contribution in [-0.2, 0) is 4.74 Å². The zero-order valence-electron chi connectivity index (χ0n) is 11.0. The molecule has 0 saturated carbocycles. The molecule has 1 saturated heterocycles. The average Bonchev–Trinajstić information content (AvgIpc) is 2.62. The predicted molar refractivity (Wildman–Crippen MR) is 78.6 cm³/mol. The molecule has 104 valence electrons. The second kappa shape index (κ2) is 6.25. The van der Waals surface area contributed by atoms with E-state index in [1.807, 2.05) is 0 Å². The molecule has 2 atom stereocenters. The molecule has 3 nitrogen and oxygen atoms in total. The Hall–Kier alpha value is -0.580. The molecule has 2 heterocycles. The molecule has 1 aromatic carbocycles. The van der Waals surface area contributed by atoms with Crippen LogP contribution in [0, 0.1) is 0 Å². The quantitative estimate of drug-likeness (QED) is 0.903. The third-order valence-corrected chi connectivity index (χ3v) is 4.34. The highest BCUT2D eigenvalue weighted by Crippen LogP contribution is 2.34. The topological polar surface area (TPSA) is 30.5 Å². The van der Waals surface area contributed by atoms with Crippen molar-refractivity contribution in [3.8, 4) is 5.75 Å². The fourth-order valence-electron chi connectivity index (χ4n) is 2.88. The van der Waals surface area contributed by atoms with Crippen molar-refractivity contribution >= 4 is 15.9 Å². The Morgan fingerprint density at radius 2 is 2.05 bits per heavy atom. The van der Waals surface area contributed by atoms with Gasteiger partial charge in [-0.05, 0) is 37.8 Å². The summed E-state index contributed by atoms with van der Waals surface area (Å²) < 4.78 is 12.5. The summed E-state index contributed by atoms with van der Waals surface area (Å²) in [5, 5.41) is 3.75. The van der Waals surface area contributed by atoms with Gasteiger partial charge in [0.1, 0.15) is 5.75 Å². The average molecular weight is 326 g/mol. The van der Waals surface area contributed by atoms with E-state index in [0.29, 0.717) is 12.1 Å². The number of nitrogens with one attached hydrogen (secondary N) is 1. The number of hydrogen-bond donors (Lipinski definition) is 1. The van der Waals surface area contributed by atoms with Crippen LogP contribution in [0.15, 0.2) is 22.7 Å². The van der Waals surface area contributed by atoms with E-state index in [4.69, 9.17) is 9.47 Å². The van der Waals surface area contributed by atoms with E-state index in [1.165, 1.54) is 12.0 Å². The van der Waals surface area contributed by atoms with Gasteiger partial charge in [-0.2, -0.15) is 0 Å². The first-order chi connectivity index (χ1) is 9.33. The Labute approximate surface area is 122 Å². The summed E-state index contributed by atoms with van der Waals surface area (Å²) in [6.07, 6.45) is 4.60. The van der Waals surface area contributed by atoms with E-state index >= 15 is 0 Å². The molecule has 2 unspecified atom stereocenters. The second-order valence-corrected chi connectivity index (χ2v) is 6.22. The lowest BCUT2D eigenvalue weighted by molar-refractivity contribution is 0.0659. The van der Waals surface area contributed by atoms with Gasteiger partial charge < -0.3 is 14.8 Å². The van der Waals surface area contributed by atoms with E-state index < -0.39 is 0 Å². The van der Waals surface area contributed by atoms with Crippen molar-refractivity contribution in [3.63, 3.8) is 0 Å². The highest BCUT2D eigenvalue weighted by atomic mass is 79.9. The molecule has 1 aromatic rings. The van der Waals surface area contributed by atoms with Crippen molar-refractivity contribution < 1.29 is 9.47 Å². The lowest BCUT2D eigenvalue weighted by Crippen LogP contribution is -2.39. The summed E-state index contributed by atoms with van der Waals surface area (Å²) in [4.78, 5) is 0. The summed E-state index contributed by atoms with van der Waals surface area (Å²) >= 11 is 3.51. The molecule has 0 bridgehead atoms. The molecule has 0 radical (unpaired) electrons. The van der Waals surface area contributed by atoms with Crippen molar-refractivity contribution in [2.45, 2.75) is 37.8 Å². The number of ether oxygens (including phenoxy) is 2. The Morgan fingerprint density at radius 3 is 2.89 bits per heavy atom. The summed E-state index contributed by atoms with van der Waals surface area (Å²) in [6.45, 7) is 2.56. The Bertz CT molecular complexity index is 432. The molecule has 2 aliphatic rings. The molecule has 0 aromatic heterocycles. The van der Waals surface area contributed by atoms with Gasteiger partial charge >= 0.3 is 0 Å². The third kappa shape index (κ3) is 3.30. The van der Waals surface area contributed by atoms with Crippen molar-refractivity contribution in [2.75, 3.05) is 19.8 Å². The molecule has 0 aliphatic carbocycles. The maximum atomic E-state index is 5.85. The fraction of sp³-hybridized carbons (Fsp3) is 0.600. The molecular weight excluding hydrogens is 306 g/mol. The number of benzene rings is 1. The fourth-order valence-corrected chi connectivity index (χ4v) is 3.22. The zero-order chi connectivity index (χ0) is 13.1. The summed E-state index contributed by atoms with van der Waals surface area (Å²) in [5.41, 5.74) is 1.28. The van der Waals surface area contributed by atoms with Gasteiger partial charge in [0.15, 0.2) is 0 Å². The standard InChI is InChI=1S/C15H20BrNO2/c16-11-5-6-13-14(4-2-8-19-15(13)9-11)17-12-3-1-7-18-10-12/h5-6,9,12,14,17H,1-4,7-8,10H2. The molecule has 2 aliphatic heterocycles. The van der Waals surface area contributed by atoms with E-state index in [1.54, 1.807) is 0 Å².